The van der Waals surface area contributed by atoms with Crippen molar-refractivity contribution < 1.29 is 23.9 Å². The molecule has 8 bridgehead atoms. The van der Waals surface area contributed by atoms with E-state index in [0.29, 0.717) is 47.1 Å². The maximum absolute atomic E-state index is 14.6. The first kappa shape index (κ1) is 51.3. The number of nitrogens with zero attached hydrogens (tertiary/aromatic N) is 4. The SMILES string of the molecule is C=Cc1c(C)/c2[n-]/c1=C\c1[n-]c(c(CC)c1C)/C=C1\[N-]C3=C(C(=O)[C@H](C(=O)OC)/C3=C3/[N-]C(\C=2)[C@@H](C)[C@@H]3CCC(=O)OC/C=C(\C)CCC[C@H](C)CCC[C@H](C)CCCC(C)C)[C@@]12CN2.[Mg+2]. The number of hydrogen-bond acceptors (Lipinski definition) is 6. The quantitative estimate of drug-likeness (QED) is 0.0455. The molecule has 0 radical (unpaired) electrons. The summed E-state index contributed by atoms with van der Waals surface area (Å²) in [7, 11) is 1.31. The third-order valence-corrected chi connectivity index (χ3v) is 15.0. The summed E-state index contributed by atoms with van der Waals surface area (Å²) in [5.74, 6) is -0.517. The van der Waals surface area contributed by atoms with Crippen LogP contribution >= 0.6 is 0 Å². The average Bonchev–Trinajstić information content (AvgIpc) is 3.49. The van der Waals surface area contributed by atoms with Crippen LogP contribution in [0.25, 0.3) is 34.9 Å². The van der Waals surface area contributed by atoms with Gasteiger partial charge < -0.3 is 35.4 Å². The molecular weight excluding hydrogens is 835 g/mol. The number of carbonyl (C=O) groups is 3. The number of rotatable bonds is 20. The summed E-state index contributed by atoms with van der Waals surface area (Å²) in [6.07, 6.45) is 22.6. The Hall–Kier alpha value is -4.06. The predicted octanol–water partition coefficient (Wildman–Crippen LogP) is 9.33. The van der Waals surface area contributed by atoms with E-state index in [4.69, 9.17) is 30.1 Å². The van der Waals surface area contributed by atoms with Crippen LogP contribution in [0.15, 0.2) is 46.5 Å². The van der Waals surface area contributed by atoms with Crippen molar-refractivity contribution in [3.8, 4) is 0 Å². The van der Waals surface area contributed by atoms with Crippen LogP contribution in [0, 0.1) is 49.4 Å². The third-order valence-electron chi connectivity index (χ3n) is 15.0. The standard InChI is InChI=1S/C55H74N5O5.Mg/c1-12-38-35(8)41-27-43-37(10)40(23-24-47(61)65-26-25-34(7)22-16-21-33(6)20-15-19-32(5)18-14-17-31(3)4)51(59-43)48-49(54(63)64-11)53(62)50-52(48)60-46(55(50)30-56-55)29-45-39(13-2)36(9)42(58-45)28-44(38)57-41;/h12,25,27-29,31-33,37,40,43,49,56H,1,13-24,26,30H2,2-11H3,(H-,59,60,62);/q-3;+2/p-1/b34-25+,41-27-,44-28-,46-29-;/t32-,33-,37+,40+,43?,49-,55-;/m1./s1. The second kappa shape index (κ2) is 21.9. The first-order chi connectivity index (χ1) is 31.1. The minimum absolute atomic E-state index is 0. The molecule has 4 aliphatic heterocycles. The Balaban J connectivity index is 0.00000720. The molecule has 0 aromatic carbocycles. The van der Waals surface area contributed by atoms with Gasteiger partial charge in [-0.05, 0) is 87.7 Å². The van der Waals surface area contributed by atoms with Gasteiger partial charge in [0.1, 0.15) is 12.5 Å². The van der Waals surface area contributed by atoms with Crippen molar-refractivity contribution in [3.05, 3.63) is 101 Å². The number of Topliss-reactive ketones (excluding diaryl/α,β-unsaturated/α-hetero) is 1. The summed E-state index contributed by atoms with van der Waals surface area (Å²) in [5, 5.41) is 15.6. The molecule has 7 rings (SSSR count). The molecule has 1 spiro atoms. The molecule has 7 atom stereocenters. The van der Waals surface area contributed by atoms with E-state index in [1.165, 1.54) is 57.6 Å². The van der Waals surface area contributed by atoms with Crippen LogP contribution in [-0.4, -0.2) is 72.6 Å². The minimum Gasteiger partial charge on any atom is -0.681 e. The van der Waals surface area contributed by atoms with E-state index in [0.717, 1.165) is 75.4 Å². The Kier molecular flexibility index (Phi) is 17.0. The number of esters is 2. The smallest absolute Gasteiger partial charge is 0.681 e. The number of nitrogens with one attached hydrogen (secondary N) is 1. The first-order valence-corrected chi connectivity index (χ1v) is 24.6. The molecule has 66 heavy (non-hydrogen) atoms. The third kappa shape index (κ3) is 10.6. The van der Waals surface area contributed by atoms with Crippen molar-refractivity contribution in [3.63, 3.8) is 0 Å². The van der Waals surface area contributed by atoms with Crippen molar-refractivity contribution in [2.24, 2.45) is 35.5 Å². The molecule has 11 heteroatoms. The van der Waals surface area contributed by atoms with Crippen LogP contribution < -0.4 is 26.0 Å². The van der Waals surface area contributed by atoms with Gasteiger partial charge in [-0.15, -0.1) is 39.6 Å². The van der Waals surface area contributed by atoms with Gasteiger partial charge in [0.2, 0.25) is 0 Å². The van der Waals surface area contributed by atoms with Gasteiger partial charge >= 0.3 is 35.0 Å². The Labute approximate surface area is 410 Å². The molecule has 0 amide bonds. The number of ketones is 1. The fourth-order valence-corrected chi connectivity index (χ4v) is 10.8. The normalized spacial score (nSPS) is 26.7. The monoisotopic (exact) mass is 908 g/mol. The molecule has 1 aliphatic carbocycles. The van der Waals surface area contributed by atoms with Gasteiger partial charge in [0.25, 0.3) is 0 Å². The fourth-order valence-electron chi connectivity index (χ4n) is 10.8. The maximum Gasteiger partial charge on any atom is 2.00 e. The van der Waals surface area contributed by atoms with Gasteiger partial charge in [-0.25, -0.2) is 0 Å². The number of methoxy groups -OCH3 is 1. The number of aromatic nitrogens is 2. The van der Waals surface area contributed by atoms with E-state index in [2.05, 4.69) is 73.4 Å². The zero-order valence-corrected chi connectivity index (χ0v) is 43.0. The second-order valence-corrected chi connectivity index (χ2v) is 20.2. The fraction of sp³-hybridized carbons (Fsp3) is 0.582. The summed E-state index contributed by atoms with van der Waals surface area (Å²) in [6.45, 7) is 24.8. The molecule has 2 saturated heterocycles. The summed E-state index contributed by atoms with van der Waals surface area (Å²) >= 11 is 0. The molecule has 2 aromatic heterocycles. The number of hydrogen-bond donors (Lipinski definition) is 1. The Morgan fingerprint density at radius 3 is 2.27 bits per heavy atom. The van der Waals surface area contributed by atoms with E-state index in [-0.39, 0.29) is 65.7 Å². The minimum atomic E-state index is -1.21. The van der Waals surface area contributed by atoms with Gasteiger partial charge in [0.15, 0.2) is 5.78 Å². The number of ether oxygens (including phenoxy) is 2. The molecule has 352 valence electrons. The average molecular weight is 909 g/mol. The molecule has 10 nitrogen and oxygen atoms in total. The maximum atomic E-state index is 14.6. The molecule has 0 saturated carbocycles. The van der Waals surface area contributed by atoms with Crippen molar-refractivity contribution in [2.45, 2.75) is 151 Å². The second-order valence-electron chi connectivity index (χ2n) is 20.2. The van der Waals surface area contributed by atoms with Crippen LogP contribution in [0.5, 0.6) is 0 Å². The van der Waals surface area contributed by atoms with Crippen molar-refractivity contribution in [2.75, 3.05) is 20.3 Å². The number of carbonyl (C=O) groups excluding carboxylic acids is 3. The molecule has 2 aromatic rings. The van der Waals surface area contributed by atoms with E-state index in [1.54, 1.807) is 0 Å². The van der Waals surface area contributed by atoms with Gasteiger partial charge in [0.05, 0.1) is 12.6 Å². The zero-order valence-electron chi connectivity index (χ0n) is 41.6. The molecular formula is C55H73MgN5O5-2. The van der Waals surface area contributed by atoms with Crippen molar-refractivity contribution in [1.29, 1.82) is 0 Å². The van der Waals surface area contributed by atoms with Crippen LogP contribution in [-0.2, 0) is 30.3 Å². The summed E-state index contributed by atoms with van der Waals surface area (Å²) in [6, 6.07) is -0.360. The molecule has 6 heterocycles. The summed E-state index contributed by atoms with van der Waals surface area (Å²) in [5.41, 5.74) is 8.89. The number of fused-ring (bicyclic) bond motifs is 9. The molecule has 2 fully saturated rings. The summed E-state index contributed by atoms with van der Waals surface area (Å²) < 4.78 is 11.1. The van der Waals surface area contributed by atoms with E-state index >= 15 is 0 Å². The molecule has 1 unspecified atom stereocenters. The van der Waals surface area contributed by atoms with Gasteiger partial charge in [0, 0.05) is 18.5 Å². The molecule has 1 N–H and O–H groups in total. The topological polar surface area (TPSA) is 148 Å². The van der Waals surface area contributed by atoms with E-state index in [1.807, 2.05) is 31.2 Å². The van der Waals surface area contributed by atoms with Crippen LogP contribution in [0.3, 0.4) is 0 Å². The predicted molar refractivity (Wildman–Crippen MR) is 267 cm³/mol. The van der Waals surface area contributed by atoms with E-state index in [9.17, 15) is 14.4 Å². The van der Waals surface area contributed by atoms with Crippen molar-refractivity contribution >= 4 is 65.1 Å². The van der Waals surface area contributed by atoms with E-state index < -0.39 is 17.4 Å². The van der Waals surface area contributed by atoms with Gasteiger partial charge in [-0.2, -0.15) is 5.70 Å². The van der Waals surface area contributed by atoms with Crippen molar-refractivity contribution in [1.82, 2.24) is 15.3 Å². The molecule has 5 aliphatic rings. The van der Waals surface area contributed by atoms with Crippen LogP contribution in [0.4, 0.5) is 0 Å². The first-order valence-electron chi connectivity index (χ1n) is 24.6. The Bertz CT molecular complexity index is 2420. The Morgan fingerprint density at radius 2 is 1.64 bits per heavy atom. The van der Waals surface area contributed by atoms with Gasteiger partial charge in [-0.3, -0.25) is 14.4 Å². The number of allylic oxidation sites excluding steroid dienone is 3. The van der Waals surface area contributed by atoms with Crippen LogP contribution in [0.1, 0.15) is 153 Å². The zero-order chi connectivity index (χ0) is 46.7. The van der Waals surface area contributed by atoms with Gasteiger partial charge in [-0.1, -0.05) is 145 Å². The largest absolute Gasteiger partial charge is 2.00 e. The summed E-state index contributed by atoms with van der Waals surface area (Å²) in [4.78, 5) is 52.0. The van der Waals surface area contributed by atoms with Crippen LogP contribution in [0.2, 0.25) is 0 Å². The Morgan fingerprint density at radius 1 is 0.955 bits per heavy atom.